The first-order valence-electron chi connectivity index (χ1n) is 8.59. The summed E-state index contributed by atoms with van der Waals surface area (Å²) in [7, 11) is 0. The number of amides is 2. The first-order valence-corrected chi connectivity index (χ1v) is 9.47. The van der Waals surface area contributed by atoms with E-state index in [2.05, 4.69) is 10.6 Å². The summed E-state index contributed by atoms with van der Waals surface area (Å²) in [6, 6.07) is 7.35. The van der Waals surface area contributed by atoms with Crippen LogP contribution in [0.25, 0.3) is 0 Å². The van der Waals surface area contributed by atoms with E-state index in [9.17, 15) is 14.0 Å². The van der Waals surface area contributed by atoms with Gasteiger partial charge in [-0.3, -0.25) is 10.1 Å². The fourth-order valence-corrected chi connectivity index (χ4v) is 3.82. The third-order valence-electron chi connectivity index (χ3n) is 4.28. The zero-order valence-corrected chi connectivity index (χ0v) is 15.3. The summed E-state index contributed by atoms with van der Waals surface area (Å²) in [6.07, 6.45) is 2.29. The van der Waals surface area contributed by atoms with Crippen molar-refractivity contribution in [1.29, 1.82) is 0 Å². The Morgan fingerprint density at radius 2 is 2.00 bits per heavy atom. The normalized spacial score (nSPS) is 19.6. The minimum atomic E-state index is -0.567. The van der Waals surface area contributed by atoms with Gasteiger partial charge < -0.3 is 10.1 Å². The molecule has 138 valence electrons. The van der Waals surface area contributed by atoms with E-state index >= 15 is 0 Å². The molecule has 1 saturated carbocycles. The van der Waals surface area contributed by atoms with Gasteiger partial charge >= 0.3 is 6.09 Å². The number of benzene rings is 1. The average Bonchev–Trinajstić information content (AvgIpc) is 3.04. The number of carbonyl (C=O) groups is 2. The Morgan fingerprint density at radius 3 is 2.69 bits per heavy atom. The van der Waals surface area contributed by atoms with Crippen LogP contribution in [0.3, 0.4) is 0 Å². The minimum absolute atomic E-state index is 0.0118. The molecule has 1 aliphatic carbocycles. The van der Waals surface area contributed by atoms with E-state index in [1.807, 2.05) is 18.4 Å². The summed E-state index contributed by atoms with van der Waals surface area (Å²) >= 11 is 1.43. The van der Waals surface area contributed by atoms with Gasteiger partial charge in [0.15, 0.2) is 0 Å². The first kappa shape index (κ1) is 18.4. The van der Waals surface area contributed by atoms with Gasteiger partial charge in [-0.05, 0) is 67.5 Å². The van der Waals surface area contributed by atoms with E-state index in [-0.39, 0.29) is 23.9 Å². The lowest BCUT2D eigenvalue weighted by Gasteiger charge is -2.29. The molecule has 1 aliphatic rings. The molecular formula is C19H21FN2O3S. The number of halogens is 1. The second kappa shape index (κ2) is 8.31. The smallest absolute Gasteiger partial charge is 0.411 e. The van der Waals surface area contributed by atoms with Crippen LogP contribution in [0.1, 0.15) is 40.9 Å². The average molecular weight is 376 g/mol. The van der Waals surface area contributed by atoms with E-state index in [0.717, 1.165) is 24.8 Å². The number of aryl methyl sites for hydroxylation is 1. The molecule has 7 heteroatoms. The van der Waals surface area contributed by atoms with E-state index < -0.39 is 6.09 Å². The molecule has 2 amide bonds. The molecule has 2 aromatic rings. The summed E-state index contributed by atoms with van der Waals surface area (Å²) in [4.78, 5) is 25.0. The van der Waals surface area contributed by atoms with Crippen LogP contribution in [0, 0.1) is 12.7 Å². The van der Waals surface area contributed by atoms with Crippen molar-refractivity contribution in [2.45, 2.75) is 44.8 Å². The number of hydrogen-bond acceptors (Lipinski definition) is 4. The van der Waals surface area contributed by atoms with Crippen LogP contribution in [0.4, 0.5) is 14.9 Å². The Hall–Kier alpha value is -2.41. The van der Waals surface area contributed by atoms with Crippen LogP contribution in [-0.4, -0.2) is 24.1 Å². The van der Waals surface area contributed by atoms with Crippen molar-refractivity contribution in [3.8, 4) is 0 Å². The van der Waals surface area contributed by atoms with Gasteiger partial charge in [0.2, 0.25) is 0 Å². The van der Waals surface area contributed by atoms with Crippen molar-refractivity contribution in [2.24, 2.45) is 0 Å². The Labute approximate surface area is 155 Å². The van der Waals surface area contributed by atoms with Gasteiger partial charge in [-0.25, -0.2) is 9.18 Å². The van der Waals surface area contributed by atoms with Crippen LogP contribution in [0.5, 0.6) is 0 Å². The van der Waals surface area contributed by atoms with Gasteiger partial charge in [-0.15, -0.1) is 11.3 Å². The summed E-state index contributed by atoms with van der Waals surface area (Å²) in [5.74, 6) is -0.444. The number of hydrogen-bond donors (Lipinski definition) is 2. The fourth-order valence-electron chi connectivity index (χ4n) is 3.02. The highest BCUT2D eigenvalue weighted by Crippen LogP contribution is 2.23. The summed E-state index contributed by atoms with van der Waals surface area (Å²) in [6.45, 7) is 1.96. The van der Waals surface area contributed by atoms with E-state index in [4.69, 9.17) is 4.74 Å². The van der Waals surface area contributed by atoms with E-state index in [1.54, 1.807) is 0 Å². The molecule has 0 bridgehead atoms. The van der Waals surface area contributed by atoms with Crippen molar-refractivity contribution < 1.29 is 18.7 Å². The molecule has 0 saturated heterocycles. The minimum Gasteiger partial charge on any atom is -0.446 e. The summed E-state index contributed by atoms with van der Waals surface area (Å²) < 4.78 is 18.3. The molecule has 0 radical (unpaired) electrons. The van der Waals surface area contributed by atoms with Crippen LogP contribution in [0.2, 0.25) is 0 Å². The number of thiophene rings is 1. The van der Waals surface area contributed by atoms with Crippen LogP contribution in [0.15, 0.2) is 35.7 Å². The predicted molar refractivity (Wildman–Crippen MR) is 99.1 cm³/mol. The summed E-state index contributed by atoms with van der Waals surface area (Å²) in [5, 5.41) is 7.56. The number of rotatable bonds is 4. The molecule has 1 aromatic carbocycles. The topological polar surface area (TPSA) is 67.4 Å². The van der Waals surface area contributed by atoms with Gasteiger partial charge in [0.25, 0.3) is 5.91 Å². The Balaban J connectivity index is 1.49. The zero-order chi connectivity index (χ0) is 18.5. The highest BCUT2D eigenvalue weighted by atomic mass is 32.1. The largest absolute Gasteiger partial charge is 0.446 e. The van der Waals surface area contributed by atoms with Crippen molar-refractivity contribution >= 4 is 29.0 Å². The number of nitrogens with one attached hydrogen (secondary N) is 2. The standard InChI is InChI=1S/C19H21FN2O3S/c1-12-9-17(26-11-12)18(23)21-15-3-2-4-16(10-15)25-19(24)22-14-7-5-13(20)6-8-14/h5-9,11,15-16H,2-4,10H2,1H3,(H,21,23)(H,22,24). The Kier molecular flexibility index (Phi) is 5.88. The number of ether oxygens (including phenoxy) is 1. The molecule has 26 heavy (non-hydrogen) atoms. The number of anilines is 1. The molecule has 2 atom stereocenters. The highest BCUT2D eigenvalue weighted by molar-refractivity contribution is 7.12. The molecule has 2 unspecified atom stereocenters. The highest BCUT2D eigenvalue weighted by Gasteiger charge is 2.26. The molecule has 3 rings (SSSR count). The van der Waals surface area contributed by atoms with Crippen LogP contribution < -0.4 is 10.6 Å². The van der Waals surface area contributed by atoms with Crippen LogP contribution in [-0.2, 0) is 4.74 Å². The molecule has 1 fully saturated rings. The third kappa shape index (κ3) is 5.05. The maximum Gasteiger partial charge on any atom is 0.411 e. The van der Waals surface area contributed by atoms with E-state index in [0.29, 0.717) is 17.0 Å². The predicted octanol–water partition coefficient (Wildman–Crippen LogP) is 4.49. The van der Waals surface area contributed by atoms with Gasteiger partial charge in [0, 0.05) is 18.2 Å². The zero-order valence-electron chi connectivity index (χ0n) is 14.5. The lowest BCUT2D eigenvalue weighted by atomic mass is 9.93. The van der Waals surface area contributed by atoms with Crippen molar-refractivity contribution in [3.63, 3.8) is 0 Å². The molecule has 1 heterocycles. The lowest BCUT2D eigenvalue weighted by molar-refractivity contribution is 0.0714. The second-order valence-corrected chi connectivity index (χ2v) is 7.40. The fraction of sp³-hybridized carbons (Fsp3) is 0.368. The molecule has 1 aromatic heterocycles. The maximum absolute atomic E-state index is 12.9. The SMILES string of the molecule is Cc1csc(C(=O)NC2CCCC(OC(=O)Nc3ccc(F)cc3)C2)c1. The second-order valence-electron chi connectivity index (χ2n) is 6.48. The van der Waals surface area contributed by atoms with Crippen LogP contribution >= 0.6 is 11.3 Å². The molecule has 0 aliphatic heterocycles. The molecule has 2 N–H and O–H groups in total. The molecule has 0 spiro atoms. The van der Waals surface area contributed by atoms with Gasteiger partial charge in [0.1, 0.15) is 11.9 Å². The lowest BCUT2D eigenvalue weighted by Crippen LogP contribution is -2.41. The molecular weight excluding hydrogens is 355 g/mol. The monoisotopic (exact) mass is 376 g/mol. The molecule has 5 nitrogen and oxygen atoms in total. The third-order valence-corrected chi connectivity index (χ3v) is 5.33. The van der Waals surface area contributed by atoms with E-state index in [1.165, 1.54) is 35.6 Å². The van der Waals surface area contributed by atoms with Crippen molar-refractivity contribution in [2.75, 3.05) is 5.32 Å². The number of carbonyl (C=O) groups excluding carboxylic acids is 2. The Morgan fingerprint density at radius 1 is 1.23 bits per heavy atom. The maximum atomic E-state index is 12.9. The van der Waals surface area contributed by atoms with Crippen molar-refractivity contribution in [1.82, 2.24) is 5.32 Å². The van der Waals surface area contributed by atoms with Crippen molar-refractivity contribution in [3.05, 3.63) is 52.0 Å². The summed E-state index contributed by atoms with van der Waals surface area (Å²) in [5.41, 5.74) is 1.55. The van der Waals surface area contributed by atoms with Gasteiger partial charge in [-0.1, -0.05) is 0 Å². The van der Waals surface area contributed by atoms with Gasteiger partial charge in [0.05, 0.1) is 4.88 Å². The first-order chi connectivity index (χ1) is 12.5. The van der Waals surface area contributed by atoms with Gasteiger partial charge in [-0.2, -0.15) is 0 Å². The Bertz CT molecular complexity index is 775. The quantitative estimate of drug-likeness (QED) is 0.826.